The number of aryl methyl sites for hydroxylation is 1. The lowest BCUT2D eigenvalue weighted by molar-refractivity contribution is -0.117. The van der Waals surface area contributed by atoms with Crippen LogP contribution in [0.1, 0.15) is 12.0 Å². The molecule has 0 aliphatic carbocycles. The SMILES string of the molecule is Cc1cc(Br)cnc1N1CC(CS)CC1=O. The minimum absolute atomic E-state index is 0.150. The van der Waals surface area contributed by atoms with E-state index in [4.69, 9.17) is 0 Å². The summed E-state index contributed by atoms with van der Waals surface area (Å²) in [5.74, 6) is 2.02. The predicted molar refractivity (Wildman–Crippen MR) is 71.0 cm³/mol. The zero-order valence-corrected chi connectivity index (χ0v) is 11.5. The van der Waals surface area contributed by atoms with Gasteiger partial charge in [-0.15, -0.1) is 0 Å². The smallest absolute Gasteiger partial charge is 0.228 e. The summed E-state index contributed by atoms with van der Waals surface area (Å²) in [4.78, 5) is 17.9. The van der Waals surface area contributed by atoms with Crippen molar-refractivity contribution in [2.45, 2.75) is 13.3 Å². The van der Waals surface area contributed by atoms with Crippen LogP contribution in [0.5, 0.6) is 0 Å². The van der Waals surface area contributed by atoms with Crippen molar-refractivity contribution < 1.29 is 4.79 Å². The van der Waals surface area contributed by atoms with Crippen molar-refractivity contribution >= 4 is 40.3 Å². The first-order valence-electron chi connectivity index (χ1n) is 5.15. The van der Waals surface area contributed by atoms with Crippen molar-refractivity contribution in [2.24, 2.45) is 5.92 Å². The number of nitrogens with zero attached hydrogens (tertiary/aromatic N) is 2. The van der Waals surface area contributed by atoms with Crippen molar-refractivity contribution in [1.82, 2.24) is 4.98 Å². The number of rotatable bonds is 2. The van der Waals surface area contributed by atoms with Gasteiger partial charge in [-0.25, -0.2) is 4.98 Å². The number of carbonyl (C=O) groups excluding carboxylic acids is 1. The molecule has 16 heavy (non-hydrogen) atoms. The number of pyridine rings is 1. The third kappa shape index (κ3) is 2.25. The van der Waals surface area contributed by atoms with Gasteiger partial charge in [0.2, 0.25) is 5.91 Å². The number of halogens is 1. The third-order valence-corrected chi connectivity index (χ3v) is 3.69. The highest BCUT2D eigenvalue weighted by Gasteiger charge is 2.31. The van der Waals surface area contributed by atoms with E-state index in [0.717, 1.165) is 28.2 Å². The summed E-state index contributed by atoms with van der Waals surface area (Å²) in [5.41, 5.74) is 1.02. The van der Waals surface area contributed by atoms with Gasteiger partial charge in [-0.1, -0.05) is 0 Å². The maximum Gasteiger partial charge on any atom is 0.228 e. The summed E-state index contributed by atoms with van der Waals surface area (Å²) >= 11 is 7.61. The lowest BCUT2D eigenvalue weighted by Crippen LogP contribution is -2.26. The van der Waals surface area contributed by atoms with Crippen LogP contribution in [0.25, 0.3) is 0 Å². The minimum atomic E-state index is 0.150. The Hall–Kier alpha value is -0.550. The Kier molecular flexibility index (Phi) is 3.54. The number of hydrogen-bond acceptors (Lipinski definition) is 3. The standard InChI is InChI=1S/C11H13BrN2OS/c1-7-2-9(12)4-13-11(7)14-5-8(6-16)3-10(14)15/h2,4,8,16H,3,5-6H2,1H3. The molecule has 2 heterocycles. The molecule has 2 rings (SSSR count). The lowest BCUT2D eigenvalue weighted by atomic mass is 10.1. The second-order valence-corrected chi connectivity index (χ2v) is 5.33. The van der Waals surface area contributed by atoms with Crippen molar-refractivity contribution in [3.05, 3.63) is 22.3 Å². The van der Waals surface area contributed by atoms with E-state index in [0.29, 0.717) is 12.3 Å². The first kappa shape index (κ1) is 11.9. The fourth-order valence-electron chi connectivity index (χ4n) is 1.92. The topological polar surface area (TPSA) is 33.2 Å². The van der Waals surface area contributed by atoms with E-state index < -0.39 is 0 Å². The van der Waals surface area contributed by atoms with Crippen molar-refractivity contribution in [3.63, 3.8) is 0 Å². The molecule has 0 aromatic carbocycles. The van der Waals surface area contributed by atoms with E-state index in [-0.39, 0.29) is 5.91 Å². The van der Waals surface area contributed by atoms with Gasteiger partial charge in [-0.3, -0.25) is 9.69 Å². The number of carbonyl (C=O) groups is 1. The minimum Gasteiger partial charge on any atom is -0.296 e. The van der Waals surface area contributed by atoms with Crippen LogP contribution < -0.4 is 4.90 Å². The van der Waals surface area contributed by atoms with Crippen LogP contribution in [0.2, 0.25) is 0 Å². The molecule has 0 radical (unpaired) electrons. The molecule has 86 valence electrons. The molecule has 3 nitrogen and oxygen atoms in total. The maximum absolute atomic E-state index is 11.8. The van der Waals surface area contributed by atoms with Gasteiger partial charge in [-0.05, 0) is 46.2 Å². The van der Waals surface area contributed by atoms with Gasteiger partial charge < -0.3 is 0 Å². The van der Waals surface area contributed by atoms with Gasteiger partial charge >= 0.3 is 0 Å². The van der Waals surface area contributed by atoms with E-state index in [9.17, 15) is 4.79 Å². The van der Waals surface area contributed by atoms with E-state index in [1.807, 2.05) is 13.0 Å². The highest BCUT2D eigenvalue weighted by atomic mass is 79.9. The van der Waals surface area contributed by atoms with E-state index >= 15 is 0 Å². The number of hydrogen-bond donors (Lipinski definition) is 1. The van der Waals surface area contributed by atoms with Crippen molar-refractivity contribution in [2.75, 3.05) is 17.2 Å². The quantitative estimate of drug-likeness (QED) is 0.851. The largest absolute Gasteiger partial charge is 0.296 e. The van der Waals surface area contributed by atoms with Crippen LogP contribution in [0.4, 0.5) is 5.82 Å². The third-order valence-electron chi connectivity index (χ3n) is 2.74. The van der Waals surface area contributed by atoms with Crippen LogP contribution in [0.3, 0.4) is 0 Å². The molecule has 1 aliphatic rings. The Balaban J connectivity index is 2.28. The van der Waals surface area contributed by atoms with E-state index in [2.05, 4.69) is 33.5 Å². The molecule has 0 bridgehead atoms. The second-order valence-electron chi connectivity index (χ2n) is 4.05. The van der Waals surface area contributed by atoms with Gasteiger partial charge in [-0.2, -0.15) is 12.6 Å². The molecule has 1 saturated heterocycles. The number of aromatic nitrogens is 1. The molecular formula is C11H13BrN2OS. The lowest BCUT2D eigenvalue weighted by Gasteiger charge is -2.17. The van der Waals surface area contributed by atoms with Crippen LogP contribution in [0.15, 0.2) is 16.7 Å². The summed E-state index contributed by atoms with van der Waals surface area (Å²) in [6, 6.07) is 1.98. The average molecular weight is 301 g/mol. The van der Waals surface area contributed by atoms with Gasteiger partial charge in [0, 0.05) is 23.6 Å². The molecule has 1 amide bonds. The van der Waals surface area contributed by atoms with Gasteiger partial charge in [0.25, 0.3) is 0 Å². The Morgan fingerprint density at radius 1 is 1.69 bits per heavy atom. The molecular weight excluding hydrogens is 288 g/mol. The summed E-state index contributed by atoms with van der Waals surface area (Å²) in [7, 11) is 0. The van der Waals surface area contributed by atoms with Crippen LogP contribution in [-0.4, -0.2) is 23.2 Å². The van der Waals surface area contributed by atoms with E-state index in [1.54, 1.807) is 11.1 Å². The van der Waals surface area contributed by atoms with Crippen LogP contribution in [0, 0.1) is 12.8 Å². The maximum atomic E-state index is 11.8. The summed E-state index contributed by atoms with van der Waals surface area (Å²) in [5, 5.41) is 0. The van der Waals surface area contributed by atoms with Gasteiger partial charge in [0.1, 0.15) is 5.82 Å². The molecule has 5 heteroatoms. The number of anilines is 1. The first-order valence-corrected chi connectivity index (χ1v) is 6.57. The van der Waals surface area contributed by atoms with Crippen LogP contribution in [-0.2, 0) is 4.79 Å². The Bertz CT molecular complexity index is 424. The Morgan fingerprint density at radius 3 is 3.00 bits per heavy atom. The average Bonchev–Trinajstić information content (AvgIpc) is 2.60. The monoisotopic (exact) mass is 300 g/mol. The molecule has 1 fully saturated rings. The second kappa shape index (κ2) is 4.75. The summed E-state index contributed by atoms with van der Waals surface area (Å²) in [6.07, 6.45) is 2.31. The fourth-order valence-corrected chi connectivity index (χ4v) is 2.61. The van der Waals surface area contributed by atoms with Crippen LogP contribution >= 0.6 is 28.6 Å². The highest BCUT2D eigenvalue weighted by molar-refractivity contribution is 9.10. The van der Waals surface area contributed by atoms with Gasteiger partial charge in [0.15, 0.2) is 0 Å². The number of thiol groups is 1. The molecule has 1 aromatic heterocycles. The molecule has 1 atom stereocenters. The zero-order chi connectivity index (χ0) is 11.7. The van der Waals surface area contributed by atoms with Crippen molar-refractivity contribution in [3.8, 4) is 0 Å². The predicted octanol–water partition coefficient (Wildman–Crippen LogP) is 2.44. The molecule has 0 N–H and O–H groups in total. The molecule has 1 unspecified atom stereocenters. The zero-order valence-electron chi connectivity index (χ0n) is 8.98. The molecule has 0 spiro atoms. The highest BCUT2D eigenvalue weighted by Crippen LogP contribution is 2.27. The first-order chi connectivity index (χ1) is 7.61. The Labute approximate surface area is 109 Å². The molecule has 1 aliphatic heterocycles. The normalized spacial score (nSPS) is 20.6. The fraction of sp³-hybridized carbons (Fsp3) is 0.455. The number of amides is 1. The Morgan fingerprint density at radius 2 is 2.44 bits per heavy atom. The van der Waals surface area contributed by atoms with Gasteiger partial charge in [0.05, 0.1) is 0 Å². The summed E-state index contributed by atoms with van der Waals surface area (Å²) in [6.45, 7) is 2.70. The molecule has 1 aromatic rings. The van der Waals surface area contributed by atoms with E-state index in [1.165, 1.54) is 0 Å². The van der Waals surface area contributed by atoms with Crippen molar-refractivity contribution in [1.29, 1.82) is 0 Å². The molecule has 0 saturated carbocycles. The summed E-state index contributed by atoms with van der Waals surface area (Å²) < 4.78 is 0.936.